The number of nitrogens with one attached hydrogen (secondary N) is 2. The lowest BCUT2D eigenvalue weighted by molar-refractivity contribution is 0.102. The quantitative estimate of drug-likeness (QED) is 0.264. The Morgan fingerprint density at radius 2 is 1.73 bits per heavy atom. The van der Waals surface area contributed by atoms with Crippen molar-refractivity contribution in [2.75, 3.05) is 5.32 Å². The fourth-order valence-electron chi connectivity index (χ4n) is 4.86. The molecule has 0 spiro atoms. The molecular formula is C32H28N6O3. The average Bonchev–Trinajstić information content (AvgIpc) is 3.61. The molecule has 0 fully saturated rings. The van der Waals surface area contributed by atoms with Gasteiger partial charge in [-0.2, -0.15) is 10.2 Å². The first-order valence-corrected chi connectivity index (χ1v) is 13.1. The molecule has 6 aromatic rings. The number of anilines is 1. The molecule has 0 bridgehead atoms. The number of hydrogen-bond acceptors (Lipinski definition) is 5. The monoisotopic (exact) mass is 544 g/mol. The second kappa shape index (κ2) is 10.3. The predicted octanol–water partition coefficient (Wildman–Crippen LogP) is 6.08. The summed E-state index contributed by atoms with van der Waals surface area (Å²) >= 11 is 0. The SMILES string of the molecule is Cc1ccc(-n2c(C)ccc(C(=O)Nc3ccc(Oc4cc5cnn(C)c5cc4-c4cn[nH]c4)c(C)c3)c2=O)cc1. The van der Waals surface area contributed by atoms with Crippen molar-refractivity contribution in [3.63, 3.8) is 0 Å². The van der Waals surface area contributed by atoms with Gasteiger partial charge < -0.3 is 10.1 Å². The Hall–Kier alpha value is -5.44. The first kappa shape index (κ1) is 25.8. The number of ether oxygens (including phenoxy) is 1. The average molecular weight is 545 g/mol. The van der Waals surface area contributed by atoms with E-state index in [9.17, 15) is 9.59 Å². The van der Waals surface area contributed by atoms with Gasteiger partial charge in [-0.1, -0.05) is 17.7 Å². The molecule has 1 amide bonds. The third-order valence-electron chi connectivity index (χ3n) is 7.12. The van der Waals surface area contributed by atoms with Crippen molar-refractivity contribution >= 4 is 22.5 Å². The minimum Gasteiger partial charge on any atom is -0.456 e. The number of rotatable bonds is 6. The van der Waals surface area contributed by atoms with Crippen LogP contribution in [0.25, 0.3) is 27.7 Å². The summed E-state index contributed by atoms with van der Waals surface area (Å²) in [5, 5.41) is 15.1. The van der Waals surface area contributed by atoms with E-state index in [2.05, 4.69) is 20.6 Å². The van der Waals surface area contributed by atoms with Crippen molar-refractivity contribution in [1.29, 1.82) is 0 Å². The van der Waals surface area contributed by atoms with E-state index in [0.29, 0.717) is 22.9 Å². The van der Waals surface area contributed by atoms with Crippen LogP contribution in [0, 0.1) is 20.8 Å². The maximum Gasteiger partial charge on any atom is 0.268 e. The van der Waals surface area contributed by atoms with E-state index < -0.39 is 5.91 Å². The molecule has 3 aromatic carbocycles. The van der Waals surface area contributed by atoms with Crippen LogP contribution < -0.4 is 15.6 Å². The van der Waals surface area contributed by atoms with Crippen molar-refractivity contribution < 1.29 is 9.53 Å². The number of nitrogens with zero attached hydrogens (tertiary/aromatic N) is 4. The van der Waals surface area contributed by atoms with Crippen LogP contribution in [0.5, 0.6) is 11.5 Å². The molecule has 0 aliphatic heterocycles. The third-order valence-corrected chi connectivity index (χ3v) is 7.12. The summed E-state index contributed by atoms with van der Waals surface area (Å²) < 4.78 is 9.75. The fourth-order valence-corrected chi connectivity index (χ4v) is 4.86. The highest BCUT2D eigenvalue weighted by Crippen LogP contribution is 2.38. The minimum absolute atomic E-state index is 0.0590. The van der Waals surface area contributed by atoms with E-state index in [-0.39, 0.29) is 11.1 Å². The highest BCUT2D eigenvalue weighted by Gasteiger charge is 2.17. The lowest BCUT2D eigenvalue weighted by Crippen LogP contribution is -2.29. The topological polar surface area (TPSA) is 107 Å². The molecule has 2 N–H and O–H groups in total. The van der Waals surface area contributed by atoms with Crippen molar-refractivity contribution in [3.05, 3.63) is 118 Å². The molecule has 41 heavy (non-hydrogen) atoms. The Balaban J connectivity index is 1.27. The molecule has 9 nitrogen and oxygen atoms in total. The number of benzene rings is 3. The highest BCUT2D eigenvalue weighted by molar-refractivity contribution is 6.04. The number of carbonyl (C=O) groups is 1. The zero-order chi connectivity index (χ0) is 28.7. The van der Waals surface area contributed by atoms with Crippen molar-refractivity contribution in [2.24, 2.45) is 7.05 Å². The van der Waals surface area contributed by atoms with Gasteiger partial charge in [0.25, 0.3) is 11.5 Å². The van der Waals surface area contributed by atoms with Crippen LogP contribution >= 0.6 is 0 Å². The molecule has 0 atom stereocenters. The molecule has 3 heterocycles. The summed E-state index contributed by atoms with van der Waals surface area (Å²) in [5.41, 5.74) is 6.33. The van der Waals surface area contributed by atoms with Crippen LogP contribution in [-0.2, 0) is 7.05 Å². The summed E-state index contributed by atoms with van der Waals surface area (Å²) in [4.78, 5) is 26.5. The van der Waals surface area contributed by atoms with Gasteiger partial charge in [0.05, 0.1) is 17.9 Å². The van der Waals surface area contributed by atoms with E-state index in [1.807, 2.05) is 81.2 Å². The molecule has 0 saturated heterocycles. The second-order valence-corrected chi connectivity index (χ2v) is 10.1. The molecule has 9 heteroatoms. The van der Waals surface area contributed by atoms with Crippen LogP contribution in [0.15, 0.2) is 90.1 Å². The maximum absolute atomic E-state index is 13.3. The molecule has 0 saturated carbocycles. The third kappa shape index (κ3) is 4.89. The standard InChI is InChI=1S/C32H28N6O3/c1-19-5-9-25(10-6-19)38-21(3)7-11-26(32(38)40)31(39)36-24-8-12-29(20(2)13-24)41-30-14-22-18-35-37(4)28(22)15-27(30)23-16-33-34-17-23/h5-18H,1-4H3,(H,33,34)(H,36,39). The maximum atomic E-state index is 13.3. The predicted molar refractivity (Wildman–Crippen MR) is 159 cm³/mol. The van der Waals surface area contributed by atoms with Crippen LogP contribution in [0.2, 0.25) is 0 Å². The molecular weight excluding hydrogens is 516 g/mol. The number of H-pyrrole nitrogens is 1. The van der Waals surface area contributed by atoms with Gasteiger partial charge in [-0.15, -0.1) is 0 Å². The Morgan fingerprint density at radius 3 is 2.46 bits per heavy atom. The summed E-state index contributed by atoms with van der Waals surface area (Å²) in [6, 6.07) is 20.3. The molecule has 0 radical (unpaired) electrons. The van der Waals surface area contributed by atoms with E-state index in [0.717, 1.165) is 38.9 Å². The van der Waals surface area contributed by atoms with Crippen LogP contribution in [0.4, 0.5) is 5.69 Å². The van der Waals surface area contributed by atoms with E-state index >= 15 is 0 Å². The second-order valence-electron chi connectivity index (χ2n) is 10.1. The number of aromatic nitrogens is 5. The molecule has 0 unspecified atom stereocenters. The summed E-state index contributed by atoms with van der Waals surface area (Å²) in [5.74, 6) is 0.810. The number of carbonyl (C=O) groups excluding carboxylic acids is 1. The molecule has 3 aromatic heterocycles. The lowest BCUT2D eigenvalue weighted by Gasteiger charge is -2.15. The largest absolute Gasteiger partial charge is 0.456 e. The Labute approximate surface area is 236 Å². The van der Waals surface area contributed by atoms with Gasteiger partial charge in [-0.25, -0.2) is 0 Å². The molecule has 6 rings (SSSR count). The number of pyridine rings is 1. The Morgan fingerprint density at radius 1 is 0.927 bits per heavy atom. The van der Waals surface area contributed by atoms with Crippen LogP contribution in [-0.4, -0.2) is 30.5 Å². The summed E-state index contributed by atoms with van der Waals surface area (Å²) in [6.07, 6.45) is 5.35. The Kier molecular flexibility index (Phi) is 6.47. The van der Waals surface area contributed by atoms with Gasteiger partial charge in [-0.3, -0.25) is 23.9 Å². The highest BCUT2D eigenvalue weighted by atomic mass is 16.5. The smallest absolute Gasteiger partial charge is 0.268 e. The summed E-state index contributed by atoms with van der Waals surface area (Å²) in [7, 11) is 1.90. The van der Waals surface area contributed by atoms with Gasteiger partial charge in [0.15, 0.2) is 0 Å². The minimum atomic E-state index is -0.479. The van der Waals surface area contributed by atoms with E-state index in [1.165, 1.54) is 0 Å². The van der Waals surface area contributed by atoms with Crippen molar-refractivity contribution in [2.45, 2.75) is 20.8 Å². The van der Waals surface area contributed by atoms with Gasteiger partial charge in [0, 0.05) is 46.8 Å². The van der Waals surface area contributed by atoms with Crippen molar-refractivity contribution in [1.82, 2.24) is 24.5 Å². The lowest BCUT2D eigenvalue weighted by atomic mass is 10.1. The van der Waals surface area contributed by atoms with Gasteiger partial charge in [-0.05, 0) is 80.9 Å². The zero-order valence-electron chi connectivity index (χ0n) is 23.1. The number of aromatic amines is 1. The van der Waals surface area contributed by atoms with E-state index in [1.54, 1.807) is 41.2 Å². The van der Waals surface area contributed by atoms with Crippen LogP contribution in [0.3, 0.4) is 0 Å². The number of aryl methyl sites for hydroxylation is 4. The Bertz CT molecular complexity index is 1970. The number of fused-ring (bicyclic) bond motifs is 1. The normalized spacial score (nSPS) is 11.1. The van der Waals surface area contributed by atoms with Crippen molar-refractivity contribution in [3.8, 4) is 28.3 Å². The van der Waals surface area contributed by atoms with Gasteiger partial charge in [0.2, 0.25) is 0 Å². The molecule has 0 aliphatic carbocycles. The number of amides is 1. The first-order valence-electron chi connectivity index (χ1n) is 13.1. The number of hydrogen-bond donors (Lipinski definition) is 2. The van der Waals surface area contributed by atoms with E-state index in [4.69, 9.17) is 4.74 Å². The zero-order valence-corrected chi connectivity index (χ0v) is 23.1. The molecule has 204 valence electrons. The molecule has 0 aliphatic rings. The first-order chi connectivity index (χ1) is 19.8. The van der Waals surface area contributed by atoms with Crippen LogP contribution in [0.1, 0.15) is 27.2 Å². The van der Waals surface area contributed by atoms with Gasteiger partial charge >= 0.3 is 0 Å². The van der Waals surface area contributed by atoms with Gasteiger partial charge in [0.1, 0.15) is 17.1 Å². The summed E-state index contributed by atoms with van der Waals surface area (Å²) in [6.45, 7) is 5.73. The fraction of sp³-hybridized carbons (Fsp3) is 0.125.